The van der Waals surface area contributed by atoms with E-state index in [1.807, 2.05) is 49.4 Å². The van der Waals surface area contributed by atoms with E-state index in [4.69, 9.17) is 23.7 Å². The first-order valence-electron chi connectivity index (χ1n) is 11.3. The Balaban J connectivity index is 1.39. The molecule has 180 valence electrons. The second-order valence-corrected chi connectivity index (χ2v) is 8.53. The molecule has 0 amide bonds. The van der Waals surface area contributed by atoms with Gasteiger partial charge in [-0.1, -0.05) is 18.2 Å². The van der Waals surface area contributed by atoms with Crippen molar-refractivity contribution in [3.05, 3.63) is 82.1 Å². The number of ketones is 1. The van der Waals surface area contributed by atoms with Crippen LogP contribution in [0.2, 0.25) is 0 Å². The van der Waals surface area contributed by atoms with Gasteiger partial charge >= 0.3 is 0 Å². The molecule has 3 aromatic carbocycles. The summed E-state index contributed by atoms with van der Waals surface area (Å²) in [6.07, 6.45) is 1.72. The Morgan fingerprint density at radius 3 is 2.43 bits per heavy atom. The van der Waals surface area contributed by atoms with E-state index >= 15 is 0 Å². The summed E-state index contributed by atoms with van der Waals surface area (Å²) < 4.78 is 28.1. The highest BCUT2D eigenvalue weighted by Gasteiger charge is 2.33. The van der Waals surface area contributed by atoms with Crippen molar-refractivity contribution >= 4 is 11.9 Å². The fourth-order valence-corrected chi connectivity index (χ4v) is 4.48. The van der Waals surface area contributed by atoms with Gasteiger partial charge in [-0.2, -0.15) is 0 Å². The van der Waals surface area contributed by atoms with Gasteiger partial charge in [0.05, 0.1) is 26.9 Å². The van der Waals surface area contributed by atoms with Crippen LogP contribution in [0.25, 0.3) is 6.08 Å². The smallest absolute Gasteiger partial charge is 0.231 e. The molecule has 0 radical (unpaired) electrons. The van der Waals surface area contributed by atoms with Gasteiger partial charge in [-0.25, -0.2) is 0 Å². The predicted octanol–water partition coefficient (Wildman–Crippen LogP) is 4.99. The molecule has 0 spiro atoms. The highest BCUT2D eigenvalue weighted by Crippen LogP contribution is 2.43. The van der Waals surface area contributed by atoms with E-state index in [9.17, 15) is 4.79 Å². The molecule has 0 saturated heterocycles. The number of carbonyl (C=O) groups is 1. The number of allylic oxidation sites excluding steroid dienone is 1. The fraction of sp³-hybridized carbons (Fsp3) is 0.250. The molecular weight excluding hydrogens is 446 g/mol. The van der Waals surface area contributed by atoms with Crippen molar-refractivity contribution in [1.82, 2.24) is 4.90 Å². The first-order chi connectivity index (χ1) is 17.0. The monoisotopic (exact) mass is 473 g/mol. The first kappa shape index (κ1) is 22.8. The fourth-order valence-electron chi connectivity index (χ4n) is 4.48. The molecule has 0 fully saturated rings. The standard InChI is InChI=1S/C28H27NO6/c1-17-27-20(15-29(16-34-27)14-18-5-8-21(31-2)9-6-18)13-22-26(30)25(35-28(17)22)12-19-7-10-23(32-3)24(11-19)33-4/h5-13H,14-16H2,1-4H3/b25-12-. The summed E-state index contributed by atoms with van der Waals surface area (Å²) in [5.41, 5.74) is 4.32. The summed E-state index contributed by atoms with van der Waals surface area (Å²) in [7, 11) is 4.82. The van der Waals surface area contributed by atoms with Gasteiger partial charge in [0.15, 0.2) is 17.3 Å². The topological polar surface area (TPSA) is 66.5 Å². The quantitative estimate of drug-likeness (QED) is 0.467. The Bertz CT molecular complexity index is 1310. The third kappa shape index (κ3) is 4.31. The molecule has 0 aliphatic carbocycles. The van der Waals surface area contributed by atoms with Crippen molar-refractivity contribution in [3.63, 3.8) is 0 Å². The Kier molecular flexibility index (Phi) is 6.09. The minimum Gasteiger partial charge on any atom is -0.497 e. The number of hydrogen-bond acceptors (Lipinski definition) is 7. The SMILES string of the molecule is COc1ccc(CN2COc3c(cc4c(c3C)O/C(=C\c3ccc(OC)c(OC)c3)C4=O)C2)cc1. The summed E-state index contributed by atoms with van der Waals surface area (Å²) >= 11 is 0. The Morgan fingerprint density at radius 1 is 0.943 bits per heavy atom. The van der Waals surface area contributed by atoms with E-state index in [-0.39, 0.29) is 11.5 Å². The average Bonchev–Trinajstić information content (AvgIpc) is 3.19. The van der Waals surface area contributed by atoms with Gasteiger partial charge in [0.25, 0.3) is 0 Å². The maximum atomic E-state index is 13.2. The van der Waals surface area contributed by atoms with Gasteiger partial charge < -0.3 is 23.7 Å². The van der Waals surface area contributed by atoms with Crippen LogP contribution in [-0.2, 0) is 13.1 Å². The summed E-state index contributed by atoms with van der Waals surface area (Å²) in [5, 5.41) is 0. The molecule has 2 aliphatic heterocycles. The molecule has 7 nitrogen and oxygen atoms in total. The van der Waals surface area contributed by atoms with E-state index in [1.165, 1.54) is 0 Å². The maximum absolute atomic E-state index is 13.2. The van der Waals surface area contributed by atoms with Gasteiger partial charge in [-0.3, -0.25) is 9.69 Å². The van der Waals surface area contributed by atoms with Crippen molar-refractivity contribution in [3.8, 4) is 28.7 Å². The number of benzene rings is 3. The third-order valence-corrected chi connectivity index (χ3v) is 6.27. The molecule has 7 heteroatoms. The van der Waals surface area contributed by atoms with Crippen LogP contribution in [-0.4, -0.2) is 38.7 Å². The van der Waals surface area contributed by atoms with Crippen molar-refractivity contribution in [2.45, 2.75) is 20.0 Å². The van der Waals surface area contributed by atoms with Crippen LogP contribution < -0.4 is 23.7 Å². The maximum Gasteiger partial charge on any atom is 0.231 e. The van der Waals surface area contributed by atoms with Crippen LogP contribution in [0.4, 0.5) is 0 Å². The summed E-state index contributed by atoms with van der Waals surface area (Å²) in [4.78, 5) is 15.4. The van der Waals surface area contributed by atoms with Gasteiger partial charge in [-0.05, 0) is 54.5 Å². The molecular formula is C28H27NO6. The molecule has 0 aromatic heterocycles. The largest absolute Gasteiger partial charge is 0.497 e. The molecule has 0 atom stereocenters. The van der Waals surface area contributed by atoms with E-state index in [0.717, 1.165) is 40.3 Å². The minimum atomic E-state index is -0.145. The lowest BCUT2D eigenvalue weighted by atomic mass is 9.99. The lowest BCUT2D eigenvalue weighted by molar-refractivity contribution is 0.0876. The third-order valence-electron chi connectivity index (χ3n) is 6.27. The molecule has 3 aromatic rings. The Hall–Kier alpha value is -3.97. The number of ether oxygens (including phenoxy) is 5. The Morgan fingerprint density at radius 2 is 1.71 bits per heavy atom. The lowest BCUT2D eigenvalue weighted by Gasteiger charge is -2.30. The van der Waals surface area contributed by atoms with E-state index in [0.29, 0.717) is 36.1 Å². The van der Waals surface area contributed by atoms with Crippen LogP contribution in [0.5, 0.6) is 28.7 Å². The van der Waals surface area contributed by atoms with Gasteiger partial charge in [0, 0.05) is 24.2 Å². The number of fused-ring (bicyclic) bond motifs is 2. The van der Waals surface area contributed by atoms with Crippen LogP contribution >= 0.6 is 0 Å². The summed E-state index contributed by atoms with van der Waals surface area (Å²) in [6, 6.07) is 15.4. The molecule has 2 heterocycles. The predicted molar refractivity (Wildman–Crippen MR) is 131 cm³/mol. The summed E-state index contributed by atoms with van der Waals surface area (Å²) in [5.74, 6) is 3.51. The number of Topliss-reactive ketones (excluding diaryl/α,β-unsaturated/α-hetero) is 1. The molecule has 35 heavy (non-hydrogen) atoms. The molecule has 0 bridgehead atoms. The van der Waals surface area contributed by atoms with Crippen LogP contribution in [0, 0.1) is 6.92 Å². The molecule has 2 aliphatic rings. The highest BCUT2D eigenvalue weighted by molar-refractivity contribution is 6.15. The second kappa shape index (κ2) is 9.35. The minimum absolute atomic E-state index is 0.145. The number of nitrogens with zero attached hydrogens (tertiary/aromatic N) is 1. The van der Waals surface area contributed by atoms with Crippen molar-refractivity contribution in [2.75, 3.05) is 28.1 Å². The van der Waals surface area contributed by atoms with Crippen LogP contribution in [0.1, 0.15) is 32.6 Å². The normalized spacial score (nSPS) is 15.8. The molecule has 0 N–H and O–H groups in total. The van der Waals surface area contributed by atoms with Crippen molar-refractivity contribution in [2.24, 2.45) is 0 Å². The molecule has 5 rings (SSSR count). The number of rotatable bonds is 6. The first-order valence-corrected chi connectivity index (χ1v) is 11.3. The van der Waals surface area contributed by atoms with Crippen molar-refractivity contribution in [1.29, 1.82) is 0 Å². The molecule has 0 unspecified atom stereocenters. The van der Waals surface area contributed by atoms with Crippen LogP contribution in [0.15, 0.2) is 54.3 Å². The second-order valence-electron chi connectivity index (χ2n) is 8.53. The van der Waals surface area contributed by atoms with Gasteiger partial charge in [0.1, 0.15) is 24.0 Å². The van der Waals surface area contributed by atoms with Gasteiger partial charge in [-0.15, -0.1) is 0 Å². The average molecular weight is 474 g/mol. The zero-order chi connectivity index (χ0) is 24.5. The number of hydrogen-bond donors (Lipinski definition) is 0. The van der Waals surface area contributed by atoms with Crippen molar-refractivity contribution < 1.29 is 28.5 Å². The number of methoxy groups -OCH3 is 3. The lowest BCUT2D eigenvalue weighted by Crippen LogP contribution is -2.32. The van der Waals surface area contributed by atoms with Gasteiger partial charge in [0.2, 0.25) is 5.78 Å². The Labute approximate surface area is 204 Å². The zero-order valence-corrected chi connectivity index (χ0v) is 20.2. The number of carbonyl (C=O) groups excluding carboxylic acids is 1. The van der Waals surface area contributed by atoms with E-state index in [2.05, 4.69) is 4.90 Å². The van der Waals surface area contributed by atoms with E-state index < -0.39 is 0 Å². The summed E-state index contributed by atoms with van der Waals surface area (Å²) in [6.45, 7) is 3.80. The van der Waals surface area contributed by atoms with Crippen LogP contribution in [0.3, 0.4) is 0 Å². The zero-order valence-electron chi connectivity index (χ0n) is 20.2. The molecule has 0 saturated carbocycles. The van der Waals surface area contributed by atoms with E-state index in [1.54, 1.807) is 33.5 Å². The highest BCUT2D eigenvalue weighted by atomic mass is 16.5.